The summed E-state index contributed by atoms with van der Waals surface area (Å²) in [5, 5.41) is 14.8. The molecule has 2 rings (SSSR count). The number of hydrogen-bond donors (Lipinski definition) is 3. The Balaban J connectivity index is 1.71. The maximum atomic E-state index is 12.2. The van der Waals surface area contributed by atoms with Crippen LogP contribution in [0.25, 0.3) is 0 Å². The molecule has 2 aliphatic rings. The van der Waals surface area contributed by atoms with Gasteiger partial charge in [-0.05, 0) is 31.6 Å². The number of carbonyl (C=O) groups is 1. The number of amidine groups is 1. The third-order valence-corrected chi connectivity index (χ3v) is 4.79. The van der Waals surface area contributed by atoms with Crippen LogP contribution in [0, 0.1) is 11.3 Å². The van der Waals surface area contributed by atoms with Gasteiger partial charge in [0.15, 0.2) is 5.84 Å². The van der Waals surface area contributed by atoms with Crippen molar-refractivity contribution in [2.45, 2.75) is 57.8 Å². The van der Waals surface area contributed by atoms with Crippen molar-refractivity contribution in [3.63, 3.8) is 0 Å². The molecule has 0 aromatic rings. The van der Waals surface area contributed by atoms with Crippen molar-refractivity contribution in [3.05, 3.63) is 0 Å². The lowest BCUT2D eigenvalue weighted by Crippen LogP contribution is -2.54. The number of nitrogens with zero attached hydrogens (tertiary/aromatic N) is 1. The average Bonchev–Trinajstić information content (AvgIpc) is 2.86. The molecule has 0 spiro atoms. The van der Waals surface area contributed by atoms with Crippen molar-refractivity contribution < 1.29 is 10.0 Å². The van der Waals surface area contributed by atoms with E-state index in [-0.39, 0.29) is 11.7 Å². The fourth-order valence-corrected chi connectivity index (χ4v) is 3.29. The number of nitrogens with one attached hydrogen (secondary N) is 1. The first-order chi connectivity index (χ1) is 9.19. The molecule has 0 saturated heterocycles. The average molecular weight is 267 g/mol. The zero-order chi connectivity index (χ0) is 13.7. The van der Waals surface area contributed by atoms with Crippen molar-refractivity contribution in [2.24, 2.45) is 22.2 Å². The van der Waals surface area contributed by atoms with E-state index in [1.165, 1.54) is 32.1 Å². The Morgan fingerprint density at radius 2 is 2.00 bits per heavy atom. The summed E-state index contributed by atoms with van der Waals surface area (Å²) in [5.41, 5.74) is 4.92. The van der Waals surface area contributed by atoms with E-state index in [1.54, 1.807) is 0 Å². The molecule has 0 bridgehead atoms. The summed E-state index contributed by atoms with van der Waals surface area (Å²) < 4.78 is 0. The summed E-state index contributed by atoms with van der Waals surface area (Å²) in [6, 6.07) is 0. The standard InChI is InChI=1S/C14H25N3O2/c15-12(17-19)14(8-4-9-14)13(18)16-10-3-7-11-5-1-2-6-11/h11,19H,1-10H2,(H2,15,17)(H,16,18). The minimum atomic E-state index is -0.734. The molecule has 5 heteroatoms. The molecular formula is C14H25N3O2. The second kappa shape index (κ2) is 6.26. The Kier molecular flexibility index (Phi) is 4.66. The lowest BCUT2D eigenvalue weighted by Gasteiger charge is -2.38. The van der Waals surface area contributed by atoms with Gasteiger partial charge in [-0.1, -0.05) is 37.3 Å². The monoisotopic (exact) mass is 267 g/mol. The van der Waals surface area contributed by atoms with E-state index >= 15 is 0 Å². The van der Waals surface area contributed by atoms with Gasteiger partial charge in [-0.3, -0.25) is 4.79 Å². The molecule has 0 aliphatic heterocycles. The molecule has 4 N–H and O–H groups in total. The van der Waals surface area contributed by atoms with E-state index in [9.17, 15) is 4.79 Å². The van der Waals surface area contributed by atoms with Gasteiger partial charge in [0, 0.05) is 6.54 Å². The Bertz CT molecular complexity index is 345. The van der Waals surface area contributed by atoms with Crippen molar-refractivity contribution in [1.82, 2.24) is 5.32 Å². The summed E-state index contributed by atoms with van der Waals surface area (Å²) in [5.74, 6) is 0.853. The SMILES string of the molecule is NC(=NO)C1(C(=O)NCCCC2CCCC2)CCC1. The zero-order valence-corrected chi connectivity index (χ0v) is 11.5. The van der Waals surface area contributed by atoms with E-state index in [2.05, 4.69) is 10.5 Å². The normalized spacial score (nSPS) is 23.1. The van der Waals surface area contributed by atoms with E-state index in [1.807, 2.05) is 0 Å². The summed E-state index contributed by atoms with van der Waals surface area (Å²) in [4.78, 5) is 12.2. The molecule has 1 amide bonds. The van der Waals surface area contributed by atoms with Crippen molar-refractivity contribution in [3.8, 4) is 0 Å². The molecule has 19 heavy (non-hydrogen) atoms. The van der Waals surface area contributed by atoms with Crippen LogP contribution in [0.2, 0.25) is 0 Å². The van der Waals surface area contributed by atoms with Crippen molar-refractivity contribution in [1.29, 1.82) is 0 Å². The Morgan fingerprint density at radius 1 is 1.32 bits per heavy atom. The largest absolute Gasteiger partial charge is 0.409 e. The fourth-order valence-electron chi connectivity index (χ4n) is 3.29. The lowest BCUT2D eigenvalue weighted by atomic mass is 9.67. The summed E-state index contributed by atoms with van der Waals surface area (Å²) in [7, 11) is 0. The number of hydrogen-bond acceptors (Lipinski definition) is 3. The summed E-state index contributed by atoms with van der Waals surface area (Å²) in [6.45, 7) is 0.704. The number of carbonyl (C=O) groups excluding carboxylic acids is 1. The second-order valence-electron chi connectivity index (χ2n) is 5.97. The molecule has 2 aliphatic carbocycles. The zero-order valence-electron chi connectivity index (χ0n) is 11.5. The van der Waals surface area contributed by atoms with Crippen LogP contribution in [0.1, 0.15) is 57.8 Å². The maximum Gasteiger partial charge on any atom is 0.233 e. The highest BCUT2D eigenvalue weighted by atomic mass is 16.4. The third kappa shape index (κ3) is 3.01. The molecule has 0 radical (unpaired) electrons. The van der Waals surface area contributed by atoms with E-state index < -0.39 is 5.41 Å². The van der Waals surface area contributed by atoms with E-state index in [0.717, 1.165) is 18.8 Å². The molecule has 0 atom stereocenters. The van der Waals surface area contributed by atoms with Crippen LogP contribution in [0.4, 0.5) is 0 Å². The van der Waals surface area contributed by atoms with Crippen LogP contribution in [0.3, 0.4) is 0 Å². The van der Waals surface area contributed by atoms with Gasteiger partial charge in [0.25, 0.3) is 0 Å². The van der Waals surface area contributed by atoms with Gasteiger partial charge in [-0.25, -0.2) is 0 Å². The van der Waals surface area contributed by atoms with Gasteiger partial charge in [0.05, 0.1) is 0 Å². The Morgan fingerprint density at radius 3 is 2.53 bits per heavy atom. The van der Waals surface area contributed by atoms with E-state index in [4.69, 9.17) is 10.9 Å². The summed E-state index contributed by atoms with van der Waals surface area (Å²) >= 11 is 0. The van der Waals surface area contributed by atoms with Crippen LogP contribution >= 0.6 is 0 Å². The van der Waals surface area contributed by atoms with Gasteiger partial charge < -0.3 is 16.3 Å². The molecule has 0 aromatic carbocycles. The molecule has 0 unspecified atom stereocenters. The first-order valence-electron chi connectivity index (χ1n) is 7.45. The summed E-state index contributed by atoms with van der Waals surface area (Å²) in [6.07, 6.45) is 10.0. The third-order valence-electron chi connectivity index (χ3n) is 4.79. The van der Waals surface area contributed by atoms with E-state index in [0.29, 0.717) is 19.4 Å². The number of nitrogens with two attached hydrogens (primary N) is 1. The predicted octanol–water partition coefficient (Wildman–Crippen LogP) is 1.99. The minimum Gasteiger partial charge on any atom is -0.409 e. The van der Waals surface area contributed by atoms with Crippen LogP contribution < -0.4 is 11.1 Å². The van der Waals surface area contributed by atoms with Crippen molar-refractivity contribution >= 4 is 11.7 Å². The minimum absolute atomic E-state index is 0.0621. The number of amides is 1. The van der Waals surface area contributed by atoms with Gasteiger partial charge in [0.1, 0.15) is 5.41 Å². The predicted molar refractivity (Wildman–Crippen MR) is 73.9 cm³/mol. The van der Waals surface area contributed by atoms with Crippen LogP contribution in [0.5, 0.6) is 0 Å². The highest BCUT2D eigenvalue weighted by Gasteiger charge is 2.48. The molecule has 108 valence electrons. The van der Waals surface area contributed by atoms with Gasteiger partial charge in [0.2, 0.25) is 5.91 Å². The molecule has 2 fully saturated rings. The first kappa shape index (κ1) is 14.2. The molecule has 2 saturated carbocycles. The van der Waals surface area contributed by atoms with Gasteiger partial charge in [-0.2, -0.15) is 0 Å². The Hall–Kier alpha value is -1.26. The topological polar surface area (TPSA) is 87.7 Å². The lowest BCUT2D eigenvalue weighted by molar-refractivity contribution is -0.131. The van der Waals surface area contributed by atoms with Gasteiger partial charge in [-0.15, -0.1) is 0 Å². The molecule has 0 heterocycles. The van der Waals surface area contributed by atoms with Crippen LogP contribution in [0.15, 0.2) is 5.16 Å². The van der Waals surface area contributed by atoms with Gasteiger partial charge >= 0.3 is 0 Å². The van der Waals surface area contributed by atoms with Crippen LogP contribution in [-0.4, -0.2) is 23.5 Å². The first-order valence-corrected chi connectivity index (χ1v) is 7.45. The highest BCUT2D eigenvalue weighted by Crippen LogP contribution is 2.41. The van der Waals surface area contributed by atoms with Crippen LogP contribution in [-0.2, 0) is 4.79 Å². The molecule has 5 nitrogen and oxygen atoms in total. The quantitative estimate of drug-likeness (QED) is 0.226. The molecule has 0 aromatic heterocycles. The van der Waals surface area contributed by atoms with Crippen molar-refractivity contribution in [2.75, 3.05) is 6.54 Å². The smallest absolute Gasteiger partial charge is 0.233 e. The number of oxime groups is 1. The highest BCUT2D eigenvalue weighted by molar-refractivity contribution is 6.07. The maximum absolute atomic E-state index is 12.2. The number of rotatable bonds is 6. The second-order valence-corrected chi connectivity index (χ2v) is 5.97. The molecular weight excluding hydrogens is 242 g/mol. The Labute approximate surface area is 114 Å². The fraction of sp³-hybridized carbons (Fsp3) is 0.857.